The van der Waals surface area contributed by atoms with E-state index in [1.54, 1.807) is 12.5 Å². The molecule has 0 saturated heterocycles. The van der Waals surface area contributed by atoms with Gasteiger partial charge >= 0.3 is 0 Å². The molecular formula is C13H24N4O. The summed E-state index contributed by atoms with van der Waals surface area (Å²) in [6, 6.07) is -0.329. The lowest BCUT2D eigenvalue weighted by Gasteiger charge is -2.27. The largest absolute Gasteiger partial charge is 0.350 e. The molecule has 5 heteroatoms. The van der Waals surface area contributed by atoms with E-state index in [9.17, 15) is 4.79 Å². The van der Waals surface area contributed by atoms with Gasteiger partial charge in [-0.15, -0.1) is 0 Å². The van der Waals surface area contributed by atoms with E-state index in [0.29, 0.717) is 0 Å². The highest BCUT2D eigenvalue weighted by Gasteiger charge is 2.26. The second kappa shape index (κ2) is 4.72. The quantitative estimate of drug-likeness (QED) is 0.857. The van der Waals surface area contributed by atoms with Crippen LogP contribution in [0.5, 0.6) is 0 Å². The van der Waals surface area contributed by atoms with Gasteiger partial charge in [-0.05, 0) is 41.5 Å². The smallest absolute Gasteiger partial charge is 0.243 e. The Morgan fingerprint density at radius 1 is 1.39 bits per heavy atom. The lowest BCUT2D eigenvalue weighted by Crippen LogP contribution is -2.44. The normalized spacial score (nSPS) is 14.4. The maximum absolute atomic E-state index is 12.1. The van der Waals surface area contributed by atoms with Crippen LogP contribution in [-0.4, -0.2) is 21.0 Å². The minimum atomic E-state index is -0.521. The first kappa shape index (κ1) is 14.7. The Hall–Kier alpha value is -1.36. The van der Waals surface area contributed by atoms with Gasteiger partial charge in [0.05, 0.1) is 23.8 Å². The minimum absolute atomic E-state index is 0.0361. The van der Waals surface area contributed by atoms with Crippen molar-refractivity contribution in [3.63, 3.8) is 0 Å². The number of hydrogen-bond acceptors (Lipinski definition) is 3. The third kappa shape index (κ3) is 3.57. The average molecular weight is 252 g/mol. The van der Waals surface area contributed by atoms with Crippen LogP contribution >= 0.6 is 0 Å². The number of nitrogens with two attached hydrogens (primary N) is 1. The number of aromatic nitrogens is 2. The molecule has 5 nitrogen and oxygen atoms in total. The van der Waals surface area contributed by atoms with Crippen LogP contribution in [0, 0.1) is 0 Å². The highest BCUT2D eigenvalue weighted by atomic mass is 16.2. The number of amides is 1. The summed E-state index contributed by atoms with van der Waals surface area (Å²) in [4.78, 5) is 16.2. The number of hydrogen-bond donors (Lipinski definition) is 2. The molecule has 0 spiro atoms. The van der Waals surface area contributed by atoms with Crippen molar-refractivity contribution >= 4 is 5.91 Å². The van der Waals surface area contributed by atoms with Crippen molar-refractivity contribution in [3.8, 4) is 0 Å². The fourth-order valence-electron chi connectivity index (χ4n) is 1.71. The predicted octanol–water partition coefficient (Wildman–Crippen LogP) is 1.55. The molecule has 1 heterocycles. The van der Waals surface area contributed by atoms with Gasteiger partial charge in [-0.3, -0.25) is 4.79 Å². The Kier molecular flexibility index (Phi) is 3.86. The molecule has 0 aromatic carbocycles. The molecule has 0 fully saturated rings. The van der Waals surface area contributed by atoms with E-state index in [4.69, 9.17) is 5.73 Å². The van der Waals surface area contributed by atoms with Gasteiger partial charge < -0.3 is 15.6 Å². The monoisotopic (exact) mass is 252 g/mol. The molecule has 0 bridgehead atoms. The average Bonchev–Trinajstić information content (AvgIpc) is 2.60. The molecular weight excluding hydrogens is 228 g/mol. The number of carbonyl (C=O) groups is 1. The Balaban J connectivity index is 2.95. The zero-order valence-electron chi connectivity index (χ0n) is 12.1. The Bertz CT molecular complexity index is 423. The minimum Gasteiger partial charge on any atom is -0.350 e. The Labute approximate surface area is 109 Å². The Morgan fingerprint density at radius 2 is 1.94 bits per heavy atom. The van der Waals surface area contributed by atoms with Gasteiger partial charge in [0.15, 0.2) is 0 Å². The van der Waals surface area contributed by atoms with Crippen LogP contribution in [0.3, 0.4) is 0 Å². The zero-order chi connectivity index (χ0) is 14.1. The van der Waals surface area contributed by atoms with Crippen molar-refractivity contribution in [3.05, 3.63) is 18.2 Å². The third-order valence-corrected chi connectivity index (χ3v) is 2.62. The van der Waals surface area contributed by atoms with E-state index in [0.717, 1.165) is 5.69 Å². The van der Waals surface area contributed by atoms with Gasteiger partial charge in [0.1, 0.15) is 6.04 Å². The molecule has 1 unspecified atom stereocenters. The number of nitrogens with one attached hydrogen (secondary N) is 1. The molecule has 0 aliphatic rings. The SMILES string of the molecule is CC(C(=O)NC(C)(C)C)n1cncc1C(C)(C)N. The maximum Gasteiger partial charge on any atom is 0.243 e. The highest BCUT2D eigenvalue weighted by molar-refractivity contribution is 5.80. The lowest BCUT2D eigenvalue weighted by molar-refractivity contribution is -0.125. The zero-order valence-corrected chi connectivity index (χ0v) is 12.1. The van der Waals surface area contributed by atoms with Gasteiger partial charge in [0.25, 0.3) is 0 Å². The van der Waals surface area contributed by atoms with Crippen molar-refractivity contribution in [1.29, 1.82) is 0 Å². The van der Waals surface area contributed by atoms with E-state index >= 15 is 0 Å². The highest BCUT2D eigenvalue weighted by Crippen LogP contribution is 2.20. The van der Waals surface area contributed by atoms with Gasteiger partial charge in [0.2, 0.25) is 5.91 Å². The van der Waals surface area contributed by atoms with E-state index in [1.165, 1.54) is 0 Å². The van der Waals surface area contributed by atoms with Gasteiger partial charge in [0, 0.05) is 5.54 Å². The van der Waals surface area contributed by atoms with Crippen LogP contribution < -0.4 is 11.1 Å². The standard InChI is InChI=1S/C13H24N4O/c1-9(11(18)16-12(2,3)4)17-8-15-7-10(17)13(5,6)14/h7-9H,14H2,1-6H3,(H,16,18). The Morgan fingerprint density at radius 3 is 2.39 bits per heavy atom. The second-order valence-electron chi connectivity index (χ2n) is 6.32. The molecule has 1 aromatic rings. The number of carbonyl (C=O) groups excluding carboxylic acids is 1. The van der Waals surface area contributed by atoms with Crippen LogP contribution in [0.15, 0.2) is 12.5 Å². The molecule has 0 aliphatic heterocycles. The first-order valence-corrected chi connectivity index (χ1v) is 6.15. The van der Waals surface area contributed by atoms with Crippen molar-refractivity contribution in [2.45, 2.75) is 58.7 Å². The first-order valence-electron chi connectivity index (χ1n) is 6.15. The summed E-state index contributed by atoms with van der Waals surface area (Å²) in [7, 11) is 0. The summed E-state index contributed by atoms with van der Waals surface area (Å²) in [5.41, 5.74) is 6.15. The van der Waals surface area contributed by atoms with E-state index in [1.807, 2.05) is 46.1 Å². The van der Waals surface area contributed by atoms with Crippen molar-refractivity contribution in [2.75, 3.05) is 0 Å². The van der Waals surface area contributed by atoms with Crippen molar-refractivity contribution in [2.24, 2.45) is 5.73 Å². The van der Waals surface area contributed by atoms with E-state index in [2.05, 4.69) is 10.3 Å². The second-order valence-corrected chi connectivity index (χ2v) is 6.32. The van der Waals surface area contributed by atoms with Crippen LogP contribution in [0.4, 0.5) is 0 Å². The van der Waals surface area contributed by atoms with Gasteiger partial charge in [-0.25, -0.2) is 4.98 Å². The fraction of sp³-hybridized carbons (Fsp3) is 0.692. The van der Waals surface area contributed by atoms with E-state index in [-0.39, 0.29) is 17.5 Å². The summed E-state index contributed by atoms with van der Waals surface area (Å²) in [6.07, 6.45) is 3.36. The third-order valence-electron chi connectivity index (χ3n) is 2.62. The van der Waals surface area contributed by atoms with Gasteiger partial charge in [-0.2, -0.15) is 0 Å². The summed E-state index contributed by atoms with van der Waals surface area (Å²) < 4.78 is 1.82. The molecule has 1 aromatic heterocycles. The molecule has 102 valence electrons. The molecule has 0 saturated carbocycles. The van der Waals surface area contributed by atoms with Crippen molar-refractivity contribution in [1.82, 2.24) is 14.9 Å². The summed E-state index contributed by atoms with van der Waals surface area (Å²) in [5.74, 6) is -0.0361. The molecule has 1 atom stereocenters. The topological polar surface area (TPSA) is 72.9 Å². The van der Waals surface area contributed by atoms with Crippen LogP contribution in [-0.2, 0) is 10.3 Å². The number of imidazole rings is 1. The molecule has 1 rings (SSSR count). The predicted molar refractivity (Wildman–Crippen MR) is 72.0 cm³/mol. The maximum atomic E-state index is 12.1. The molecule has 18 heavy (non-hydrogen) atoms. The summed E-state index contributed by atoms with van der Waals surface area (Å²) >= 11 is 0. The molecule has 0 radical (unpaired) electrons. The molecule has 0 aliphatic carbocycles. The van der Waals surface area contributed by atoms with Crippen molar-refractivity contribution < 1.29 is 4.79 Å². The number of nitrogens with zero attached hydrogens (tertiary/aromatic N) is 2. The molecule has 1 amide bonds. The summed E-state index contributed by atoms with van der Waals surface area (Å²) in [6.45, 7) is 11.5. The lowest BCUT2D eigenvalue weighted by atomic mass is 10.0. The van der Waals surface area contributed by atoms with Gasteiger partial charge in [-0.1, -0.05) is 0 Å². The molecule has 3 N–H and O–H groups in total. The van der Waals surface area contributed by atoms with Crippen LogP contribution in [0.2, 0.25) is 0 Å². The summed E-state index contributed by atoms with van der Waals surface area (Å²) in [5, 5.41) is 2.96. The fourth-order valence-corrected chi connectivity index (χ4v) is 1.71. The van der Waals surface area contributed by atoms with E-state index < -0.39 is 5.54 Å². The van der Waals surface area contributed by atoms with Crippen LogP contribution in [0.25, 0.3) is 0 Å². The van der Waals surface area contributed by atoms with Crippen LogP contribution in [0.1, 0.15) is 53.3 Å². The first-order chi connectivity index (χ1) is 8.02. The number of rotatable bonds is 3.